The topological polar surface area (TPSA) is 55.6 Å². The minimum atomic E-state index is -0.452. The van der Waals surface area contributed by atoms with Gasteiger partial charge in [0.1, 0.15) is 12.4 Å². The van der Waals surface area contributed by atoms with Gasteiger partial charge in [-0.25, -0.2) is 9.37 Å². The predicted octanol–water partition coefficient (Wildman–Crippen LogP) is 7.48. The molecule has 2 aromatic heterocycles. The summed E-state index contributed by atoms with van der Waals surface area (Å²) in [7, 11) is 0. The van der Waals surface area contributed by atoms with E-state index in [1.54, 1.807) is 12.3 Å². The van der Waals surface area contributed by atoms with Crippen LogP contribution < -0.4 is 10.1 Å². The summed E-state index contributed by atoms with van der Waals surface area (Å²) in [6.07, 6.45) is 3.75. The summed E-state index contributed by atoms with van der Waals surface area (Å²) in [6.45, 7) is 0.402. The summed E-state index contributed by atoms with van der Waals surface area (Å²) < 4.78 is 22.5. The molecular weight excluding hydrogens is 525 g/mol. The third-order valence-corrected chi connectivity index (χ3v) is 7.33. The number of rotatable bonds is 10. The Labute approximate surface area is 244 Å². The first kappa shape index (κ1) is 27.0. The van der Waals surface area contributed by atoms with E-state index in [4.69, 9.17) is 4.74 Å². The largest absolute Gasteiger partial charge is 0.485 e. The Morgan fingerprint density at radius 3 is 2.10 bits per heavy atom. The van der Waals surface area contributed by atoms with Gasteiger partial charge in [0, 0.05) is 24.7 Å². The quantitative estimate of drug-likeness (QED) is 0.191. The Bertz CT molecular complexity index is 1730. The molecule has 208 valence electrons. The molecule has 0 saturated carbocycles. The van der Waals surface area contributed by atoms with Crippen LogP contribution in [-0.2, 0) is 11.4 Å². The molecule has 0 bridgehead atoms. The van der Waals surface area contributed by atoms with Crippen LogP contribution in [-0.4, -0.2) is 15.3 Å². The molecule has 6 rings (SSSR count). The molecule has 4 aromatic carbocycles. The molecule has 1 atom stereocenters. The summed E-state index contributed by atoms with van der Waals surface area (Å²) in [5.74, 6) is -0.339. The van der Waals surface area contributed by atoms with E-state index in [0.717, 1.165) is 22.4 Å². The number of aromatic nitrogens is 2. The molecule has 6 heteroatoms. The zero-order valence-corrected chi connectivity index (χ0v) is 22.9. The molecule has 6 aromatic rings. The molecule has 5 nitrogen and oxygen atoms in total. The summed E-state index contributed by atoms with van der Waals surface area (Å²) in [4.78, 5) is 18.4. The van der Waals surface area contributed by atoms with Gasteiger partial charge in [0.2, 0.25) is 5.91 Å². The summed E-state index contributed by atoms with van der Waals surface area (Å²) in [6, 6.07) is 39.6. The third-order valence-electron chi connectivity index (χ3n) is 7.33. The lowest BCUT2D eigenvalue weighted by atomic mass is 9.91. The molecule has 1 unspecified atom stereocenters. The highest BCUT2D eigenvalue weighted by atomic mass is 19.1. The van der Waals surface area contributed by atoms with Gasteiger partial charge in [-0.15, -0.1) is 0 Å². The number of imidazole rings is 1. The van der Waals surface area contributed by atoms with Crippen LogP contribution in [0.15, 0.2) is 140 Å². The van der Waals surface area contributed by atoms with Crippen molar-refractivity contribution in [2.24, 2.45) is 0 Å². The number of pyridine rings is 1. The van der Waals surface area contributed by atoms with Gasteiger partial charge in [-0.05, 0) is 46.5 Å². The molecule has 0 saturated heterocycles. The number of carbonyl (C=O) groups excluding carboxylic acids is 1. The second-order valence-corrected chi connectivity index (χ2v) is 10.2. The molecule has 0 radical (unpaired) electrons. The lowest BCUT2D eigenvalue weighted by Crippen LogP contribution is -2.30. The number of hydrogen-bond donors (Lipinski definition) is 1. The second-order valence-electron chi connectivity index (χ2n) is 10.2. The van der Waals surface area contributed by atoms with E-state index in [9.17, 15) is 9.18 Å². The van der Waals surface area contributed by atoms with Gasteiger partial charge in [-0.3, -0.25) is 4.79 Å². The van der Waals surface area contributed by atoms with Crippen LogP contribution in [0.2, 0.25) is 0 Å². The highest BCUT2D eigenvalue weighted by Crippen LogP contribution is 2.32. The van der Waals surface area contributed by atoms with Crippen LogP contribution in [0.4, 0.5) is 4.39 Å². The van der Waals surface area contributed by atoms with Crippen molar-refractivity contribution in [3.63, 3.8) is 0 Å². The molecular formula is C36H30FN3O2. The van der Waals surface area contributed by atoms with Crippen molar-refractivity contribution in [2.45, 2.75) is 25.0 Å². The van der Waals surface area contributed by atoms with E-state index < -0.39 is 5.92 Å². The molecule has 42 heavy (non-hydrogen) atoms. The lowest BCUT2D eigenvalue weighted by molar-refractivity contribution is -0.121. The van der Waals surface area contributed by atoms with Crippen molar-refractivity contribution in [1.82, 2.24) is 14.7 Å². The average Bonchev–Trinajstić information content (AvgIpc) is 3.47. The van der Waals surface area contributed by atoms with Crippen LogP contribution in [0.3, 0.4) is 0 Å². The fraction of sp³-hybridized carbons (Fsp3) is 0.111. The van der Waals surface area contributed by atoms with Crippen molar-refractivity contribution in [3.8, 4) is 5.75 Å². The molecule has 0 aliphatic rings. The maximum absolute atomic E-state index is 14.5. The average molecular weight is 556 g/mol. The van der Waals surface area contributed by atoms with E-state index in [-0.39, 0.29) is 24.2 Å². The van der Waals surface area contributed by atoms with E-state index in [1.165, 1.54) is 12.1 Å². The number of benzene rings is 4. The van der Waals surface area contributed by atoms with Crippen molar-refractivity contribution in [2.75, 3.05) is 0 Å². The smallest absolute Gasteiger partial charge is 0.221 e. The highest BCUT2D eigenvalue weighted by molar-refractivity contribution is 5.78. The lowest BCUT2D eigenvalue weighted by Gasteiger charge is -2.23. The van der Waals surface area contributed by atoms with Crippen LogP contribution in [0, 0.1) is 5.82 Å². The Morgan fingerprint density at radius 1 is 0.786 bits per heavy atom. The monoisotopic (exact) mass is 555 g/mol. The van der Waals surface area contributed by atoms with E-state index in [2.05, 4.69) is 10.3 Å². The number of amides is 1. The first-order chi connectivity index (χ1) is 20.7. The number of nitrogens with one attached hydrogen (secondary N) is 1. The molecule has 0 fully saturated rings. The number of fused-ring (bicyclic) bond motifs is 1. The Kier molecular flexibility index (Phi) is 8.04. The van der Waals surface area contributed by atoms with E-state index in [0.29, 0.717) is 23.6 Å². The van der Waals surface area contributed by atoms with Crippen LogP contribution in [0.1, 0.15) is 46.3 Å². The Hall–Kier alpha value is -5.23. The summed E-state index contributed by atoms with van der Waals surface area (Å²) in [5.41, 5.74) is 5.11. The zero-order valence-electron chi connectivity index (χ0n) is 22.9. The van der Waals surface area contributed by atoms with Crippen molar-refractivity contribution >= 4 is 11.6 Å². The molecule has 0 spiro atoms. The SMILES string of the molecule is O=C(CC(c1cccc(F)c1)c1cnc2c(OCc3ccccc3)cccn12)NC(c1ccccc1)c1ccccc1. The standard InChI is InChI=1S/C36H30FN3O2/c37-30-19-10-18-29(22-30)31(23-34(41)39-35(27-14-6-2-7-15-27)28-16-8-3-9-17-28)32-24-38-36-33(20-11-21-40(32)36)42-25-26-12-4-1-5-13-26/h1-22,24,31,35H,23,25H2,(H,39,41). The van der Waals surface area contributed by atoms with Gasteiger partial charge in [0.05, 0.1) is 11.7 Å². The van der Waals surface area contributed by atoms with Gasteiger partial charge in [0.25, 0.3) is 0 Å². The van der Waals surface area contributed by atoms with Gasteiger partial charge >= 0.3 is 0 Å². The summed E-state index contributed by atoms with van der Waals surface area (Å²) in [5, 5.41) is 3.24. The fourth-order valence-electron chi connectivity index (χ4n) is 5.28. The predicted molar refractivity (Wildman–Crippen MR) is 162 cm³/mol. The zero-order chi connectivity index (χ0) is 28.7. The van der Waals surface area contributed by atoms with Crippen LogP contribution in [0.25, 0.3) is 5.65 Å². The van der Waals surface area contributed by atoms with Gasteiger partial charge < -0.3 is 14.5 Å². The second kappa shape index (κ2) is 12.5. The molecule has 0 aliphatic carbocycles. The van der Waals surface area contributed by atoms with Gasteiger partial charge in [-0.1, -0.05) is 103 Å². The van der Waals surface area contributed by atoms with E-state index in [1.807, 2.05) is 120 Å². The van der Waals surface area contributed by atoms with Gasteiger partial charge in [-0.2, -0.15) is 0 Å². The number of hydrogen-bond acceptors (Lipinski definition) is 3. The maximum Gasteiger partial charge on any atom is 0.221 e. The minimum Gasteiger partial charge on any atom is -0.485 e. The first-order valence-electron chi connectivity index (χ1n) is 13.9. The van der Waals surface area contributed by atoms with Crippen molar-refractivity contribution in [3.05, 3.63) is 174 Å². The minimum absolute atomic E-state index is 0.0997. The molecule has 1 amide bonds. The number of ether oxygens (including phenoxy) is 1. The Balaban J connectivity index is 1.32. The number of nitrogens with zero attached hydrogens (tertiary/aromatic N) is 2. The van der Waals surface area contributed by atoms with E-state index >= 15 is 0 Å². The molecule has 0 aliphatic heterocycles. The normalized spacial score (nSPS) is 11.9. The number of carbonyl (C=O) groups is 1. The fourth-order valence-corrected chi connectivity index (χ4v) is 5.28. The summed E-state index contributed by atoms with van der Waals surface area (Å²) >= 11 is 0. The van der Waals surface area contributed by atoms with Crippen LogP contribution in [0.5, 0.6) is 5.75 Å². The van der Waals surface area contributed by atoms with Crippen molar-refractivity contribution in [1.29, 1.82) is 0 Å². The molecule has 2 heterocycles. The highest BCUT2D eigenvalue weighted by Gasteiger charge is 2.25. The van der Waals surface area contributed by atoms with Gasteiger partial charge in [0.15, 0.2) is 11.4 Å². The Morgan fingerprint density at radius 2 is 1.43 bits per heavy atom. The maximum atomic E-state index is 14.5. The third kappa shape index (κ3) is 6.08. The van der Waals surface area contributed by atoms with Crippen LogP contribution >= 0.6 is 0 Å². The first-order valence-corrected chi connectivity index (χ1v) is 13.9. The molecule has 1 N–H and O–H groups in total. The van der Waals surface area contributed by atoms with Crippen molar-refractivity contribution < 1.29 is 13.9 Å². The number of halogens is 1.